The Bertz CT molecular complexity index is 1600. The number of furan rings is 2. The van der Waals surface area contributed by atoms with Gasteiger partial charge in [-0.1, -0.05) is 0 Å². The Kier molecular flexibility index (Phi) is 8.67. The van der Waals surface area contributed by atoms with Gasteiger partial charge in [0.05, 0.1) is 36.5 Å². The number of nitro groups is 2. The highest BCUT2D eigenvalue weighted by molar-refractivity contribution is 6.35. The van der Waals surface area contributed by atoms with Gasteiger partial charge in [-0.3, -0.25) is 29.8 Å². The van der Waals surface area contributed by atoms with Crippen LogP contribution in [0.25, 0.3) is 22.6 Å². The fourth-order valence-electron chi connectivity index (χ4n) is 3.54. The molecule has 0 radical (unpaired) electrons. The van der Waals surface area contributed by atoms with E-state index in [0.29, 0.717) is 22.6 Å². The van der Waals surface area contributed by atoms with Gasteiger partial charge in [0.1, 0.15) is 23.0 Å². The van der Waals surface area contributed by atoms with Gasteiger partial charge in [0.2, 0.25) is 0 Å². The molecular formula is C26H20N6O10. The van der Waals surface area contributed by atoms with Crippen LogP contribution in [0.2, 0.25) is 0 Å². The van der Waals surface area contributed by atoms with Crippen LogP contribution in [-0.4, -0.2) is 48.3 Å². The molecule has 0 saturated carbocycles. The van der Waals surface area contributed by atoms with Crippen LogP contribution in [0.15, 0.2) is 79.7 Å². The van der Waals surface area contributed by atoms with Crippen molar-refractivity contribution in [3.8, 4) is 34.1 Å². The summed E-state index contributed by atoms with van der Waals surface area (Å²) in [5.74, 6) is -1.09. The first-order valence-corrected chi connectivity index (χ1v) is 11.7. The van der Waals surface area contributed by atoms with E-state index in [-0.39, 0.29) is 34.4 Å². The molecule has 0 fully saturated rings. The number of ether oxygens (including phenoxy) is 2. The Morgan fingerprint density at radius 1 is 0.714 bits per heavy atom. The number of amides is 2. The first kappa shape index (κ1) is 28.7. The highest BCUT2D eigenvalue weighted by Crippen LogP contribution is 2.34. The molecule has 0 spiro atoms. The van der Waals surface area contributed by atoms with Crippen LogP contribution in [0.3, 0.4) is 0 Å². The van der Waals surface area contributed by atoms with E-state index in [9.17, 15) is 29.8 Å². The lowest BCUT2D eigenvalue weighted by Crippen LogP contribution is -2.35. The third kappa shape index (κ3) is 6.63. The van der Waals surface area contributed by atoms with Gasteiger partial charge in [-0.05, 0) is 48.5 Å². The van der Waals surface area contributed by atoms with Crippen LogP contribution in [0.4, 0.5) is 11.4 Å². The van der Waals surface area contributed by atoms with Crippen LogP contribution in [0, 0.1) is 20.2 Å². The Hall–Kier alpha value is -6.32. The molecule has 42 heavy (non-hydrogen) atoms. The summed E-state index contributed by atoms with van der Waals surface area (Å²) in [5.41, 5.74) is 4.37. The van der Waals surface area contributed by atoms with Gasteiger partial charge >= 0.3 is 23.2 Å². The average Bonchev–Trinajstić information content (AvgIpc) is 3.66. The number of nitrogens with one attached hydrogen (secondary N) is 2. The molecule has 16 heteroatoms. The zero-order valence-electron chi connectivity index (χ0n) is 21.8. The topological polar surface area (TPSA) is 214 Å². The van der Waals surface area contributed by atoms with Gasteiger partial charge in [0.15, 0.2) is 11.5 Å². The molecule has 4 aromatic rings. The summed E-state index contributed by atoms with van der Waals surface area (Å²) in [4.78, 5) is 45.3. The predicted molar refractivity (Wildman–Crippen MR) is 146 cm³/mol. The molecule has 0 bridgehead atoms. The minimum Gasteiger partial charge on any atom is -0.490 e. The number of rotatable bonds is 10. The molecule has 16 nitrogen and oxygen atoms in total. The smallest absolute Gasteiger partial charge is 0.331 e. The number of hydrogen-bond acceptors (Lipinski definition) is 12. The van der Waals surface area contributed by atoms with Crippen molar-refractivity contribution in [2.45, 2.75) is 0 Å². The van der Waals surface area contributed by atoms with Crippen molar-refractivity contribution < 1.29 is 37.7 Å². The summed E-state index contributed by atoms with van der Waals surface area (Å²) in [6.45, 7) is 0. The fraction of sp³-hybridized carbons (Fsp3) is 0.0769. The van der Waals surface area contributed by atoms with Crippen LogP contribution >= 0.6 is 0 Å². The van der Waals surface area contributed by atoms with Crippen molar-refractivity contribution in [2.24, 2.45) is 10.2 Å². The standard InChI is InChI=1S/C26H20N6O10/c1-39-23-7-3-15(11-19(23)31(35)36)21-9-5-17(41-21)13-27-29-25(33)26(34)30-28-14-18-6-10-22(42-18)16-4-8-24(40-2)20(12-16)32(37)38/h3-14H,1-2H3,(H,29,33)(H,30,34)/b27-13-,28-14-. The summed E-state index contributed by atoms with van der Waals surface area (Å²) in [6, 6.07) is 14.7. The summed E-state index contributed by atoms with van der Waals surface area (Å²) < 4.78 is 21.1. The monoisotopic (exact) mass is 576 g/mol. The summed E-state index contributed by atoms with van der Waals surface area (Å²) >= 11 is 0. The average molecular weight is 576 g/mol. The second kappa shape index (κ2) is 12.7. The molecule has 2 aromatic heterocycles. The fourth-order valence-corrected chi connectivity index (χ4v) is 3.54. The first-order chi connectivity index (χ1) is 20.2. The maximum absolute atomic E-state index is 12.0. The molecular weight excluding hydrogens is 556 g/mol. The highest BCUT2D eigenvalue weighted by atomic mass is 16.6. The number of carbonyl (C=O) groups is 2. The lowest BCUT2D eigenvalue weighted by atomic mass is 10.1. The zero-order valence-corrected chi connectivity index (χ0v) is 21.8. The van der Waals surface area contributed by atoms with Gasteiger partial charge in [0.25, 0.3) is 0 Å². The summed E-state index contributed by atoms with van der Waals surface area (Å²) in [5, 5.41) is 29.8. The van der Waals surface area contributed by atoms with Gasteiger partial charge in [-0.2, -0.15) is 10.2 Å². The summed E-state index contributed by atoms with van der Waals surface area (Å²) in [6.07, 6.45) is 2.26. The molecule has 0 unspecified atom stereocenters. The summed E-state index contributed by atoms with van der Waals surface area (Å²) in [7, 11) is 2.64. The molecule has 2 N–H and O–H groups in total. The minimum absolute atomic E-state index is 0.0955. The first-order valence-electron chi connectivity index (χ1n) is 11.7. The Morgan fingerprint density at radius 2 is 1.12 bits per heavy atom. The van der Waals surface area contributed by atoms with Gasteiger partial charge in [-0.25, -0.2) is 10.9 Å². The maximum Gasteiger partial charge on any atom is 0.331 e. The van der Waals surface area contributed by atoms with E-state index >= 15 is 0 Å². The maximum atomic E-state index is 12.0. The third-order valence-electron chi connectivity index (χ3n) is 5.50. The van der Waals surface area contributed by atoms with Crippen LogP contribution in [0.5, 0.6) is 11.5 Å². The lowest BCUT2D eigenvalue weighted by molar-refractivity contribution is -0.385. The van der Waals surface area contributed by atoms with Crippen LogP contribution in [-0.2, 0) is 9.59 Å². The molecule has 2 amide bonds. The number of methoxy groups -OCH3 is 2. The molecule has 0 aliphatic heterocycles. The third-order valence-corrected chi connectivity index (χ3v) is 5.50. The van der Waals surface area contributed by atoms with Crippen molar-refractivity contribution in [3.63, 3.8) is 0 Å². The van der Waals surface area contributed by atoms with Crippen molar-refractivity contribution >= 4 is 35.6 Å². The molecule has 2 aromatic carbocycles. The van der Waals surface area contributed by atoms with E-state index in [1.807, 2.05) is 10.9 Å². The molecule has 4 rings (SSSR count). The van der Waals surface area contributed by atoms with E-state index in [1.165, 1.54) is 50.6 Å². The van der Waals surface area contributed by atoms with E-state index < -0.39 is 21.7 Å². The van der Waals surface area contributed by atoms with E-state index in [0.717, 1.165) is 12.4 Å². The van der Waals surface area contributed by atoms with Gasteiger partial charge in [-0.15, -0.1) is 0 Å². The van der Waals surface area contributed by atoms with Gasteiger partial charge in [0, 0.05) is 23.3 Å². The molecule has 0 aliphatic carbocycles. The molecule has 0 aliphatic rings. The van der Waals surface area contributed by atoms with Crippen LogP contribution in [0.1, 0.15) is 11.5 Å². The predicted octanol–water partition coefficient (Wildman–Crippen LogP) is 3.64. The number of hydrazone groups is 2. The van der Waals surface area contributed by atoms with Crippen LogP contribution < -0.4 is 20.3 Å². The zero-order chi connectivity index (χ0) is 30.2. The van der Waals surface area contributed by atoms with E-state index in [1.54, 1.807) is 24.3 Å². The second-order valence-corrected chi connectivity index (χ2v) is 8.09. The Labute approximate surface area is 235 Å². The largest absolute Gasteiger partial charge is 0.490 e. The minimum atomic E-state index is -1.13. The van der Waals surface area contributed by atoms with E-state index in [2.05, 4.69) is 10.2 Å². The van der Waals surface area contributed by atoms with Crippen molar-refractivity contribution in [1.29, 1.82) is 0 Å². The molecule has 0 atom stereocenters. The van der Waals surface area contributed by atoms with E-state index in [4.69, 9.17) is 18.3 Å². The highest BCUT2D eigenvalue weighted by Gasteiger charge is 2.18. The molecule has 2 heterocycles. The number of nitrogens with zero attached hydrogens (tertiary/aromatic N) is 4. The number of nitro benzene ring substituents is 2. The Morgan fingerprint density at radius 3 is 1.48 bits per heavy atom. The SMILES string of the molecule is COc1ccc(-c2ccc(/C=N\NC(=O)C(=O)N/N=C\c3ccc(-c4ccc(OC)c([N+](=O)[O-])c4)o3)o2)cc1[N+](=O)[O-]. The number of benzene rings is 2. The number of hydrogen-bond donors (Lipinski definition) is 2. The van der Waals surface area contributed by atoms with Gasteiger partial charge < -0.3 is 18.3 Å². The lowest BCUT2D eigenvalue weighted by Gasteiger charge is -2.03. The Balaban J connectivity index is 1.31. The van der Waals surface area contributed by atoms with Crippen molar-refractivity contribution in [1.82, 2.24) is 10.9 Å². The normalized spacial score (nSPS) is 11.0. The quantitative estimate of drug-likeness (QED) is 0.121. The molecule has 0 saturated heterocycles. The second-order valence-electron chi connectivity index (χ2n) is 8.09. The molecule has 214 valence electrons. The number of carbonyl (C=O) groups excluding carboxylic acids is 2. The van der Waals surface area contributed by atoms with Crippen molar-refractivity contribution in [3.05, 3.63) is 92.4 Å². The van der Waals surface area contributed by atoms with Crippen molar-refractivity contribution in [2.75, 3.05) is 14.2 Å².